The van der Waals surface area contributed by atoms with Crippen molar-refractivity contribution in [3.8, 4) is 9.88 Å². The monoisotopic (exact) mass is 256 g/mol. The molecule has 0 bridgehead atoms. The zero-order chi connectivity index (χ0) is 11.4. The number of hydrogen-bond acceptors (Lipinski definition) is 6. The van der Waals surface area contributed by atoms with Gasteiger partial charge in [-0.3, -0.25) is 4.79 Å². The molecule has 16 heavy (non-hydrogen) atoms. The molecule has 0 atom stereocenters. The van der Waals surface area contributed by atoms with Gasteiger partial charge >= 0.3 is 5.97 Å². The number of hydrogen-bond donors (Lipinski definition) is 0. The molecule has 84 valence electrons. The van der Waals surface area contributed by atoms with Crippen LogP contribution in [0, 0.1) is 0 Å². The lowest BCUT2D eigenvalue weighted by molar-refractivity contribution is -0.745. The molecule has 0 aliphatic carbocycles. The molecule has 2 aromatic rings. The van der Waals surface area contributed by atoms with Gasteiger partial charge in [0.05, 0.1) is 11.6 Å². The fourth-order valence-electron chi connectivity index (χ4n) is 1.13. The molecule has 0 N–H and O–H groups in total. The summed E-state index contributed by atoms with van der Waals surface area (Å²) in [6.07, 6.45) is 3.99. The van der Waals surface area contributed by atoms with Crippen LogP contribution in [-0.4, -0.2) is 22.6 Å². The van der Waals surface area contributed by atoms with E-state index in [9.17, 15) is 4.79 Å². The van der Waals surface area contributed by atoms with Gasteiger partial charge in [0.25, 0.3) is 0 Å². The predicted octanol–water partition coefficient (Wildman–Crippen LogP) is 1.12. The van der Waals surface area contributed by atoms with Crippen molar-refractivity contribution >= 4 is 28.8 Å². The molecule has 0 aliphatic heterocycles. The zero-order valence-corrected chi connectivity index (χ0v) is 10.3. The molecule has 0 fully saturated rings. The average Bonchev–Trinajstić information content (AvgIpc) is 2.95. The van der Waals surface area contributed by atoms with E-state index in [1.165, 1.54) is 18.6 Å². The van der Waals surface area contributed by atoms with Gasteiger partial charge in [-0.25, -0.2) is 4.98 Å². The third-order valence-corrected chi connectivity index (χ3v) is 3.65. The average molecular weight is 256 g/mol. The van der Waals surface area contributed by atoms with Gasteiger partial charge in [-0.1, -0.05) is 4.68 Å². The van der Waals surface area contributed by atoms with Gasteiger partial charge in [0.1, 0.15) is 11.4 Å². The number of carbonyl (C=O) groups is 1. The number of ether oxygens (including phenoxy) is 1. The molecule has 0 spiro atoms. The minimum absolute atomic E-state index is 0.226. The van der Waals surface area contributed by atoms with Crippen LogP contribution in [0.1, 0.15) is 6.42 Å². The van der Waals surface area contributed by atoms with Crippen LogP contribution in [0.25, 0.3) is 9.88 Å². The number of rotatable bonds is 4. The molecule has 2 heterocycles. The van der Waals surface area contributed by atoms with Gasteiger partial charge in [0.2, 0.25) is 6.20 Å². The topological polar surface area (TPSA) is 56.0 Å². The Hall–Kier alpha value is -1.34. The Kier molecular flexibility index (Phi) is 3.58. The van der Waals surface area contributed by atoms with Crippen molar-refractivity contribution in [2.75, 3.05) is 7.11 Å². The van der Waals surface area contributed by atoms with Gasteiger partial charge in [-0.2, -0.15) is 0 Å². The lowest BCUT2D eigenvalue weighted by Gasteiger charge is -1.91. The van der Waals surface area contributed by atoms with Crippen molar-refractivity contribution in [1.82, 2.24) is 9.47 Å². The Morgan fingerprint density at radius 2 is 2.50 bits per heavy atom. The lowest BCUT2D eigenvalue weighted by Crippen LogP contribution is -2.35. The van der Waals surface area contributed by atoms with E-state index in [-0.39, 0.29) is 5.97 Å². The first kappa shape index (κ1) is 11.2. The summed E-state index contributed by atoms with van der Waals surface area (Å²) in [6, 6.07) is 0. The fourth-order valence-corrected chi connectivity index (χ4v) is 2.55. The summed E-state index contributed by atoms with van der Waals surface area (Å²) in [7, 11) is 1.38. The molecule has 0 aromatic carbocycles. The first-order valence-corrected chi connectivity index (χ1v) is 6.28. The van der Waals surface area contributed by atoms with Crippen LogP contribution in [0.4, 0.5) is 0 Å². The number of thiazole rings is 1. The molecular weight excluding hydrogens is 246 g/mol. The summed E-state index contributed by atoms with van der Waals surface area (Å²) in [5, 5.41) is 2.88. The first-order chi connectivity index (χ1) is 7.79. The zero-order valence-electron chi connectivity index (χ0n) is 8.62. The number of methoxy groups -OCH3 is 1. The van der Waals surface area contributed by atoms with Gasteiger partial charge in [-0.15, -0.1) is 11.3 Å². The summed E-state index contributed by atoms with van der Waals surface area (Å²) in [5.41, 5.74) is 0. The molecular formula is C9H10N3O2S2+. The molecule has 2 rings (SSSR count). The standard InChI is InChI=1S/C9H10N3O2S2/c1-14-8(13)2-4-12-6-7(16-11-12)9-10-3-5-15-9/h3,5-6H,2,4H2,1H3/q+1. The van der Waals surface area contributed by atoms with Crippen LogP contribution < -0.4 is 4.68 Å². The van der Waals surface area contributed by atoms with Crippen molar-refractivity contribution in [3.05, 3.63) is 17.8 Å². The van der Waals surface area contributed by atoms with E-state index in [1.807, 2.05) is 11.6 Å². The Morgan fingerprint density at radius 1 is 1.62 bits per heavy atom. The smallest absolute Gasteiger partial charge is 0.312 e. The number of esters is 1. The maximum absolute atomic E-state index is 11.0. The van der Waals surface area contributed by atoms with Crippen molar-refractivity contribution in [2.24, 2.45) is 0 Å². The summed E-state index contributed by atoms with van der Waals surface area (Å²) in [5.74, 6) is -0.226. The van der Waals surface area contributed by atoms with Crippen molar-refractivity contribution in [2.45, 2.75) is 13.0 Å². The number of aromatic nitrogens is 3. The molecule has 0 saturated heterocycles. The van der Waals surface area contributed by atoms with Crippen molar-refractivity contribution < 1.29 is 14.2 Å². The third-order valence-electron chi connectivity index (χ3n) is 1.93. The van der Waals surface area contributed by atoms with E-state index in [0.29, 0.717) is 13.0 Å². The Morgan fingerprint density at radius 3 is 3.19 bits per heavy atom. The van der Waals surface area contributed by atoms with Crippen LogP contribution in [0.3, 0.4) is 0 Å². The van der Waals surface area contributed by atoms with Crippen LogP contribution in [0.15, 0.2) is 17.8 Å². The molecule has 7 heteroatoms. The van der Waals surface area contributed by atoms with Gasteiger partial charge < -0.3 is 4.74 Å². The number of carbonyl (C=O) groups excluding carboxylic acids is 1. The number of aryl methyl sites for hydroxylation is 1. The maximum Gasteiger partial charge on any atom is 0.312 e. The summed E-state index contributed by atoms with van der Waals surface area (Å²) in [4.78, 5) is 16.2. The second kappa shape index (κ2) is 5.13. The van der Waals surface area contributed by atoms with E-state index in [2.05, 4.69) is 14.2 Å². The SMILES string of the molecule is COC(=O)CC[n+]1cc(-c2nccs2)sn1. The van der Waals surface area contributed by atoms with Crippen molar-refractivity contribution in [3.63, 3.8) is 0 Å². The molecule has 5 nitrogen and oxygen atoms in total. The number of nitrogens with zero attached hydrogens (tertiary/aromatic N) is 3. The third kappa shape index (κ3) is 2.61. The molecule has 0 amide bonds. The Bertz CT molecular complexity index is 467. The van der Waals surface area contributed by atoms with Gasteiger partial charge in [0, 0.05) is 23.1 Å². The molecule has 2 aromatic heterocycles. The highest BCUT2D eigenvalue weighted by molar-refractivity contribution is 7.18. The molecule has 0 saturated carbocycles. The highest BCUT2D eigenvalue weighted by atomic mass is 32.1. The largest absolute Gasteiger partial charge is 0.469 e. The second-order valence-electron chi connectivity index (χ2n) is 2.99. The fraction of sp³-hybridized carbons (Fsp3) is 0.333. The van der Waals surface area contributed by atoms with E-state index in [1.54, 1.807) is 22.2 Å². The van der Waals surface area contributed by atoms with Crippen LogP contribution in [0.2, 0.25) is 0 Å². The van der Waals surface area contributed by atoms with Crippen LogP contribution in [-0.2, 0) is 16.1 Å². The Labute approximate surface area is 100 Å². The second-order valence-corrected chi connectivity index (χ2v) is 4.67. The van der Waals surface area contributed by atoms with Crippen LogP contribution >= 0.6 is 22.9 Å². The Balaban J connectivity index is 2.00. The van der Waals surface area contributed by atoms with Gasteiger partial charge in [-0.05, 0) is 0 Å². The molecule has 0 aliphatic rings. The normalized spacial score (nSPS) is 10.3. The highest BCUT2D eigenvalue weighted by Gasteiger charge is 2.14. The molecule has 0 unspecified atom stereocenters. The van der Waals surface area contributed by atoms with Gasteiger partial charge in [0.15, 0.2) is 11.4 Å². The first-order valence-electron chi connectivity index (χ1n) is 4.62. The van der Waals surface area contributed by atoms with Crippen LogP contribution in [0.5, 0.6) is 0 Å². The summed E-state index contributed by atoms with van der Waals surface area (Å²) in [6.45, 7) is 0.536. The lowest BCUT2D eigenvalue weighted by atomic mass is 10.4. The van der Waals surface area contributed by atoms with E-state index in [4.69, 9.17) is 0 Å². The maximum atomic E-state index is 11.0. The van der Waals surface area contributed by atoms with E-state index < -0.39 is 0 Å². The minimum atomic E-state index is -0.226. The molecule has 0 radical (unpaired) electrons. The van der Waals surface area contributed by atoms with E-state index >= 15 is 0 Å². The summed E-state index contributed by atoms with van der Waals surface area (Å²) < 4.78 is 10.5. The predicted molar refractivity (Wildman–Crippen MR) is 60.1 cm³/mol. The van der Waals surface area contributed by atoms with E-state index in [0.717, 1.165) is 9.88 Å². The quantitative estimate of drug-likeness (QED) is 0.607. The van der Waals surface area contributed by atoms with Crippen molar-refractivity contribution in [1.29, 1.82) is 0 Å². The summed E-state index contributed by atoms with van der Waals surface area (Å²) >= 11 is 2.95. The minimum Gasteiger partial charge on any atom is -0.469 e. The highest BCUT2D eigenvalue weighted by Crippen LogP contribution is 2.22.